The molecule has 3 aromatic rings. The molecule has 1 aliphatic rings. The van der Waals surface area contributed by atoms with Gasteiger partial charge in [-0.05, 0) is 55.9 Å². The first-order chi connectivity index (χ1) is 14.1. The SMILES string of the molecule is CCOc1ccc([C@H]2NC(=O)c3sc(=S)n(-c4ccccc4)c3N2)cc1OCC. The summed E-state index contributed by atoms with van der Waals surface area (Å²) < 4.78 is 13.9. The number of anilines is 1. The number of carbonyl (C=O) groups is 1. The fraction of sp³-hybridized carbons (Fsp3) is 0.238. The summed E-state index contributed by atoms with van der Waals surface area (Å²) in [6, 6.07) is 15.5. The molecule has 1 amide bonds. The molecule has 2 heterocycles. The van der Waals surface area contributed by atoms with Crippen molar-refractivity contribution in [3.8, 4) is 17.2 Å². The molecule has 4 rings (SSSR count). The van der Waals surface area contributed by atoms with Crippen molar-refractivity contribution in [1.29, 1.82) is 0 Å². The van der Waals surface area contributed by atoms with Crippen LogP contribution in [0.5, 0.6) is 11.5 Å². The van der Waals surface area contributed by atoms with E-state index in [2.05, 4.69) is 10.6 Å². The third kappa shape index (κ3) is 3.73. The minimum Gasteiger partial charge on any atom is -0.490 e. The molecule has 1 atom stereocenters. The predicted octanol–water partition coefficient (Wildman–Crippen LogP) is 4.92. The Bertz CT molecular complexity index is 1090. The highest BCUT2D eigenvalue weighted by atomic mass is 32.1. The highest BCUT2D eigenvalue weighted by molar-refractivity contribution is 7.73. The van der Waals surface area contributed by atoms with Crippen molar-refractivity contribution in [2.45, 2.75) is 20.0 Å². The fourth-order valence-electron chi connectivity index (χ4n) is 3.25. The minimum atomic E-state index is -0.413. The summed E-state index contributed by atoms with van der Waals surface area (Å²) >= 11 is 6.83. The number of carbonyl (C=O) groups excluding carboxylic acids is 1. The summed E-state index contributed by atoms with van der Waals surface area (Å²) in [6.07, 6.45) is -0.413. The molecular formula is C21H21N3O3S2. The number of ether oxygens (including phenoxy) is 2. The van der Waals surface area contributed by atoms with Gasteiger partial charge in [0.25, 0.3) is 5.91 Å². The Hall–Kier alpha value is -2.84. The maximum absolute atomic E-state index is 12.8. The highest BCUT2D eigenvalue weighted by Gasteiger charge is 2.30. The van der Waals surface area contributed by atoms with Crippen molar-refractivity contribution < 1.29 is 14.3 Å². The Balaban J connectivity index is 1.73. The van der Waals surface area contributed by atoms with Gasteiger partial charge in [-0.25, -0.2) is 0 Å². The van der Waals surface area contributed by atoms with Gasteiger partial charge in [-0.15, -0.1) is 0 Å². The zero-order valence-corrected chi connectivity index (χ0v) is 17.7. The Kier molecular flexibility index (Phi) is 5.55. The van der Waals surface area contributed by atoms with E-state index in [1.54, 1.807) is 0 Å². The lowest BCUT2D eigenvalue weighted by molar-refractivity contribution is 0.0939. The monoisotopic (exact) mass is 427 g/mol. The van der Waals surface area contributed by atoms with E-state index < -0.39 is 6.17 Å². The molecule has 0 fully saturated rings. The zero-order valence-electron chi connectivity index (χ0n) is 16.1. The second-order valence-corrected chi connectivity index (χ2v) is 7.98. The van der Waals surface area contributed by atoms with Crippen molar-refractivity contribution in [1.82, 2.24) is 9.88 Å². The van der Waals surface area contributed by atoms with Crippen LogP contribution in [0.3, 0.4) is 0 Å². The van der Waals surface area contributed by atoms with E-state index in [0.29, 0.717) is 39.4 Å². The summed E-state index contributed by atoms with van der Waals surface area (Å²) in [7, 11) is 0. The molecule has 0 spiro atoms. The standard InChI is InChI=1S/C21H21N3O3S2/c1-3-26-15-11-10-13(12-16(15)27-4-2)18-22-19-17(20(25)23-18)29-21(28)24(19)14-8-6-5-7-9-14/h5-12,18,22H,3-4H2,1-2H3,(H,23,25)/t18-/m1/s1. The number of para-hydroxylation sites is 1. The van der Waals surface area contributed by atoms with Crippen LogP contribution >= 0.6 is 23.6 Å². The largest absolute Gasteiger partial charge is 0.490 e. The van der Waals surface area contributed by atoms with Gasteiger partial charge in [0.15, 0.2) is 15.5 Å². The molecular weight excluding hydrogens is 406 g/mol. The Morgan fingerprint density at radius 1 is 1.03 bits per heavy atom. The topological polar surface area (TPSA) is 64.5 Å². The molecule has 0 unspecified atom stereocenters. The molecule has 29 heavy (non-hydrogen) atoms. The highest BCUT2D eigenvalue weighted by Crippen LogP contribution is 2.36. The van der Waals surface area contributed by atoms with Crippen molar-refractivity contribution in [3.63, 3.8) is 0 Å². The van der Waals surface area contributed by atoms with Crippen LogP contribution in [-0.2, 0) is 0 Å². The van der Waals surface area contributed by atoms with Gasteiger partial charge in [-0.3, -0.25) is 9.36 Å². The smallest absolute Gasteiger partial charge is 0.267 e. The number of thiazole rings is 1. The van der Waals surface area contributed by atoms with Gasteiger partial charge >= 0.3 is 0 Å². The molecule has 0 saturated carbocycles. The number of fused-ring (bicyclic) bond motifs is 1. The summed E-state index contributed by atoms with van der Waals surface area (Å²) in [4.78, 5) is 13.4. The number of amides is 1. The predicted molar refractivity (Wildman–Crippen MR) is 117 cm³/mol. The second kappa shape index (κ2) is 8.26. The summed E-state index contributed by atoms with van der Waals surface area (Å²) in [5, 5.41) is 6.44. The van der Waals surface area contributed by atoms with Gasteiger partial charge in [0.2, 0.25) is 0 Å². The number of nitrogens with one attached hydrogen (secondary N) is 2. The molecule has 1 aliphatic heterocycles. The van der Waals surface area contributed by atoms with E-state index in [9.17, 15) is 4.79 Å². The first-order valence-electron chi connectivity index (χ1n) is 9.40. The third-order valence-electron chi connectivity index (χ3n) is 4.49. The average molecular weight is 428 g/mol. The molecule has 150 valence electrons. The normalized spacial score (nSPS) is 15.2. The maximum Gasteiger partial charge on any atom is 0.267 e. The number of aromatic nitrogens is 1. The molecule has 1 aromatic heterocycles. The molecule has 8 heteroatoms. The average Bonchev–Trinajstić information content (AvgIpc) is 3.07. The number of rotatable bonds is 6. The molecule has 2 N–H and O–H groups in total. The molecule has 0 bridgehead atoms. The van der Waals surface area contributed by atoms with E-state index in [1.165, 1.54) is 11.3 Å². The van der Waals surface area contributed by atoms with Gasteiger partial charge < -0.3 is 20.1 Å². The summed E-state index contributed by atoms with van der Waals surface area (Å²) in [6.45, 7) is 4.93. The van der Waals surface area contributed by atoms with E-state index in [-0.39, 0.29) is 5.91 Å². The fourth-order valence-corrected chi connectivity index (χ4v) is 4.56. The van der Waals surface area contributed by atoms with Gasteiger partial charge in [-0.2, -0.15) is 0 Å². The van der Waals surface area contributed by atoms with E-state index >= 15 is 0 Å². The van der Waals surface area contributed by atoms with Gasteiger partial charge in [0, 0.05) is 5.69 Å². The quantitative estimate of drug-likeness (QED) is 0.547. The number of hydrogen-bond donors (Lipinski definition) is 2. The Morgan fingerprint density at radius 3 is 2.48 bits per heavy atom. The lowest BCUT2D eigenvalue weighted by Gasteiger charge is -2.27. The van der Waals surface area contributed by atoms with Crippen LogP contribution in [0.2, 0.25) is 0 Å². The lowest BCUT2D eigenvalue weighted by atomic mass is 10.1. The van der Waals surface area contributed by atoms with Crippen LogP contribution in [0.25, 0.3) is 5.69 Å². The second-order valence-electron chi connectivity index (χ2n) is 6.34. The van der Waals surface area contributed by atoms with E-state index in [0.717, 1.165) is 11.3 Å². The Labute approximate surface area is 178 Å². The van der Waals surface area contributed by atoms with Crippen LogP contribution in [-0.4, -0.2) is 23.7 Å². The molecule has 0 radical (unpaired) electrons. The van der Waals surface area contributed by atoms with Crippen molar-refractivity contribution >= 4 is 35.3 Å². The Morgan fingerprint density at radius 2 is 1.76 bits per heavy atom. The number of hydrogen-bond acceptors (Lipinski definition) is 6. The van der Waals surface area contributed by atoms with Gasteiger partial charge in [0.05, 0.1) is 13.2 Å². The van der Waals surface area contributed by atoms with Gasteiger partial charge in [0.1, 0.15) is 16.9 Å². The number of benzene rings is 2. The van der Waals surface area contributed by atoms with Gasteiger partial charge in [-0.1, -0.05) is 35.6 Å². The first kappa shape index (κ1) is 19.5. The summed E-state index contributed by atoms with van der Waals surface area (Å²) in [5.41, 5.74) is 1.78. The first-order valence-corrected chi connectivity index (χ1v) is 10.6. The van der Waals surface area contributed by atoms with Crippen molar-refractivity contribution in [2.75, 3.05) is 18.5 Å². The number of nitrogens with zero attached hydrogens (tertiary/aromatic N) is 1. The molecule has 6 nitrogen and oxygen atoms in total. The third-order valence-corrected chi connectivity index (χ3v) is 5.86. The van der Waals surface area contributed by atoms with Crippen LogP contribution in [0.4, 0.5) is 5.82 Å². The molecule has 2 aromatic carbocycles. The molecule has 0 saturated heterocycles. The van der Waals surface area contributed by atoms with Crippen molar-refractivity contribution in [3.05, 3.63) is 62.9 Å². The zero-order chi connectivity index (χ0) is 20.4. The summed E-state index contributed by atoms with van der Waals surface area (Å²) in [5.74, 6) is 1.88. The van der Waals surface area contributed by atoms with Crippen molar-refractivity contribution in [2.24, 2.45) is 0 Å². The minimum absolute atomic E-state index is 0.152. The van der Waals surface area contributed by atoms with E-state index in [4.69, 9.17) is 21.7 Å². The van der Waals surface area contributed by atoms with Crippen LogP contribution < -0.4 is 20.1 Å². The molecule has 0 aliphatic carbocycles. The van der Waals surface area contributed by atoms with Crippen LogP contribution in [0.15, 0.2) is 48.5 Å². The van der Waals surface area contributed by atoms with E-state index in [1.807, 2.05) is 66.9 Å². The van der Waals surface area contributed by atoms with Crippen LogP contribution in [0.1, 0.15) is 35.2 Å². The van der Waals surface area contributed by atoms with Crippen LogP contribution in [0, 0.1) is 3.95 Å². The maximum atomic E-state index is 12.8. The lowest BCUT2D eigenvalue weighted by Crippen LogP contribution is -2.38.